The summed E-state index contributed by atoms with van der Waals surface area (Å²) in [7, 11) is 1.48. The van der Waals surface area contributed by atoms with Gasteiger partial charge in [0.2, 0.25) is 0 Å². The van der Waals surface area contributed by atoms with E-state index in [0.29, 0.717) is 37.8 Å². The molecular weight excluding hydrogens is 538 g/mol. The molecule has 3 rings (SSSR count). The van der Waals surface area contributed by atoms with Gasteiger partial charge in [0.05, 0.1) is 16.5 Å². The molecular formula is C25H19BrClN3O5. The quantitative estimate of drug-likeness (QED) is 0.148. The molecule has 0 spiro atoms. The number of amides is 1. The predicted molar refractivity (Wildman–Crippen MR) is 137 cm³/mol. The maximum absolute atomic E-state index is 12.7. The molecule has 0 heterocycles. The van der Waals surface area contributed by atoms with Crippen LogP contribution in [-0.2, 0) is 11.4 Å². The number of halogens is 2. The van der Waals surface area contributed by atoms with Crippen molar-refractivity contribution >= 4 is 50.9 Å². The van der Waals surface area contributed by atoms with Gasteiger partial charge in [-0.2, -0.15) is 5.26 Å². The molecule has 3 aromatic carbocycles. The van der Waals surface area contributed by atoms with Gasteiger partial charge in [0.1, 0.15) is 18.2 Å². The second-order valence-corrected chi connectivity index (χ2v) is 8.56. The third-order valence-corrected chi connectivity index (χ3v) is 5.88. The number of nitrogens with zero attached hydrogens (tertiary/aromatic N) is 2. The molecule has 0 fully saturated rings. The lowest BCUT2D eigenvalue weighted by Crippen LogP contribution is -2.14. The number of nitrogens with one attached hydrogen (secondary N) is 1. The van der Waals surface area contributed by atoms with Gasteiger partial charge in [-0.05, 0) is 64.3 Å². The molecule has 3 aromatic rings. The van der Waals surface area contributed by atoms with Crippen molar-refractivity contribution in [2.24, 2.45) is 0 Å². The Morgan fingerprint density at radius 1 is 1.26 bits per heavy atom. The van der Waals surface area contributed by atoms with Crippen LogP contribution >= 0.6 is 27.5 Å². The van der Waals surface area contributed by atoms with E-state index in [1.54, 1.807) is 25.1 Å². The number of benzene rings is 3. The summed E-state index contributed by atoms with van der Waals surface area (Å²) in [5.74, 6) is 0.175. The van der Waals surface area contributed by atoms with Crippen molar-refractivity contribution in [3.05, 3.63) is 96.5 Å². The molecule has 178 valence electrons. The second kappa shape index (κ2) is 11.5. The van der Waals surface area contributed by atoms with Gasteiger partial charge in [0.15, 0.2) is 11.5 Å². The van der Waals surface area contributed by atoms with Gasteiger partial charge in [0, 0.05) is 28.4 Å². The molecule has 10 heteroatoms. The lowest BCUT2D eigenvalue weighted by Gasteiger charge is -2.14. The standard InChI is InChI=1S/C25H19BrClN3O5/c1-15-9-19(30(32)33)7-8-22(15)29-25(31)18(13-28)10-16-11-20(26)24(23(12-16)34-2)35-14-17-5-3-4-6-21(17)27/h3-12H,14H2,1-2H3,(H,29,31)/b18-10-. The van der Waals surface area contributed by atoms with E-state index >= 15 is 0 Å². The molecule has 0 unspecified atom stereocenters. The van der Waals surface area contributed by atoms with Crippen LogP contribution < -0.4 is 14.8 Å². The summed E-state index contributed by atoms with van der Waals surface area (Å²) in [6.07, 6.45) is 1.40. The summed E-state index contributed by atoms with van der Waals surface area (Å²) in [6.45, 7) is 1.84. The minimum Gasteiger partial charge on any atom is -0.493 e. The minimum atomic E-state index is -0.654. The van der Waals surface area contributed by atoms with Gasteiger partial charge in [-0.1, -0.05) is 29.8 Å². The fourth-order valence-electron chi connectivity index (χ4n) is 3.14. The topological polar surface area (TPSA) is 114 Å². The summed E-state index contributed by atoms with van der Waals surface area (Å²) in [5, 5.41) is 23.7. The van der Waals surface area contributed by atoms with Crippen molar-refractivity contribution in [3.63, 3.8) is 0 Å². The van der Waals surface area contributed by atoms with Gasteiger partial charge in [0.25, 0.3) is 11.6 Å². The Balaban J connectivity index is 1.83. The van der Waals surface area contributed by atoms with Crippen molar-refractivity contribution in [3.8, 4) is 17.6 Å². The molecule has 0 aliphatic rings. The molecule has 0 aliphatic heterocycles. The van der Waals surface area contributed by atoms with Crippen LogP contribution in [0.25, 0.3) is 6.08 Å². The first-order valence-corrected chi connectivity index (χ1v) is 11.3. The molecule has 0 saturated heterocycles. The lowest BCUT2D eigenvalue weighted by atomic mass is 10.1. The maximum atomic E-state index is 12.7. The number of hydrogen-bond donors (Lipinski definition) is 1. The van der Waals surface area contributed by atoms with Gasteiger partial charge in [-0.3, -0.25) is 14.9 Å². The fraction of sp³-hybridized carbons (Fsp3) is 0.120. The van der Waals surface area contributed by atoms with Crippen LogP contribution in [-0.4, -0.2) is 17.9 Å². The van der Waals surface area contributed by atoms with Gasteiger partial charge < -0.3 is 14.8 Å². The number of rotatable bonds is 8. The van der Waals surface area contributed by atoms with E-state index in [0.717, 1.165) is 5.56 Å². The summed E-state index contributed by atoms with van der Waals surface area (Å²) in [4.78, 5) is 23.1. The minimum absolute atomic E-state index is 0.0923. The highest BCUT2D eigenvalue weighted by atomic mass is 79.9. The van der Waals surface area contributed by atoms with Crippen molar-refractivity contribution in [2.75, 3.05) is 12.4 Å². The SMILES string of the molecule is COc1cc(/C=C(/C#N)C(=O)Nc2ccc([N+](=O)[O-])cc2C)cc(Br)c1OCc1ccccc1Cl. The first-order valence-electron chi connectivity index (χ1n) is 10.2. The van der Waals surface area contributed by atoms with Crippen LogP contribution in [0.5, 0.6) is 11.5 Å². The molecule has 0 aromatic heterocycles. The average Bonchev–Trinajstić information content (AvgIpc) is 2.83. The Morgan fingerprint density at radius 3 is 2.63 bits per heavy atom. The first kappa shape index (κ1) is 25.7. The number of nitro groups is 1. The highest BCUT2D eigenvalue weighted by Gasteiger charge is 2.16. The molecule has 0 saturated carbocycles. The Kier molecular flexibility index (Phi) is 8.47. The zero-order chi connectivity index (χ0) is 25.5. The molecule has 8 nitrogen and oxygen atoms in total. The highest BCUT2D eigenvalue weighted by Crippen LogP contribution is 2.38. The molecule has 0 bridgehead atoms. The van der Waals surface area contributed by atoms with Gasteiger partial charge in [-0.15, -0.1) is 0 Å². The number of non-ortho nitro benzene ring substituents is 1. The van der Waals surface area contributed by atoms with Crippen LogP contribution in [0.3, 0.4) is 0 Å². The predicted octanol–water partition coefficient (Wildman–Crippen LogP) is 6.45. The van der Waals surface area contributed by atoms with Crippen molar-refractivity contribution in [2.45, 2.75) is 13.5 Å². The monoisotopic (exact) mass is 555 g/mol. The van der Waals surface area contributed by atoms with Crippen molar-refractivity contribution in [1.82, 2.24) is 0 Å². The van der Waals surface area contributed by atoms with Gasteiger partial charge >= 0.3 is 0 Å². The Hall–Kier alpha value is -3.87. The number of methoxy groups -OCH3 is 1. The molecule has 1 N–H and O–H groups in total. The second-order valence-electron chi connectivity index (χ2n) is 7.29. The van der Waals surface area contributed by atoms with E-state index in [-0.39, 0.29) is 17.9 Å². The van der Waals surface area contributed by atoms with E-state index in [1.165, 1.54) is 31.4 Å². The fourth-order valence-corrected chi connectivity index (χ4v) is 3.90. The molecule has 35 heavy (non-hydrogen) atoms. The number of nitriles is 1. The zero-order valence-corrected chi connectivity index (χ0v) is 21.0. The number of carbonyl (C=O) groups excluding carboxylic acids is 1. The Bertz CT molecular complexity index is 1370. The van der Waals surface area contributed by atoms with E-state index in [4.69, 9.17) is 21.1 Å². The zero-order valence-electron chi connectivity index (χ0n) is 18.7. The third-order valence-electron chi connectivity index (χ3n) is 4.93. The first-order chi connectivity index (χ1) is 16.7. The van der Waals surface area contributed by atoms with Crippen molar-refractivity contribution < 1.29 is 19.2 Å². The number of anilines is 1. The van der Waals surface area contributed by atoms with Crippen LogP contribution in [0, 0.1) is 28.4 Å². The Morgan fingerprint density at radius 2 is 2.00 bits per heavy atom. The number of hydrogen-bond acceptors (Lipinski definition) is 6. The molecule has 0 aliphatic carbocycles. The van der Waals surface area contributed by atoms with E-state index in [9.17, 15) is 20.2 Å². The van der Waals surface area contributed by atoms with E-state index < -0.39 is 10.8 Å². The summed E-state index contributed by atoms with van der Waals surface area (Å²) in [5.41, 5.74) is 1.92. The smallest absolute Gasteiger partial charge is 0.269 e. The van der Waals surface area contributed by atoms with E-state index in [1.807, 2.05) is 24.3 Å². The third kappa shape index (κ3) is 6.38. The summed E-state index contributed by atoms with van der Waals surface area (Å²) >= 11 is 9.65. The van der Waals surface area contributed by atoms with Gasteiger partial charge in [-0.25, -0.2) is 0 Å². The largest absolute Gasteiger partial charge is 0.493 e. The normalized spacial score (nSPS) is 10.9. The molecule has 1 amide bonds. The summed E-state index contributed by atoms with van der Waals surface area (Å²) in [6, 6.07) is 16.6. The van der Waals surface area contributed by atoms with Crippen LogP contribution in [0.2, 0.25) is 5.02 Å². The lowest BCUT2D eigenvalue weighted by molar-refractivity contribution is -0.384. The highest BCUT2D eigenvalue weighted by molar-refractivity contribution is 9.10. The summed E-state index contributed by atoms with van der Waals surface area (Å²) < 4.78 is 11.9. The molecule has 0 radical (unpaired) electrons. The number of ether oxygens (including phenoxy) is 2. The van der Waals surface area contributed by atoms with E-state index in [2.05, 4.69) is 21.2 Å². The molecule has 0 atom stereocenters. The Labute approximate surface area is 215 Å². The average molecular weight is 557 g/mol. The number of aryl methyl sites for hydroxylation is 1. The number of nitro benzene ring substituents is 1. The van der Waals surface area contributed by atoms with Crippen LogP contribution in [0.4, 0.5) is 11.4 Å². The van der Waals surface area contributed by atoms with Crippen LogP contribution in [0.1, 0.15) is 16.7 Å². The van der Waals surface area contributed by atoms with Crippen molar-refractivity contribution in [1.29, 1.82) is 5.26 Å². The maximum Gasteiger partial charge on any atom is 0.269 e. The number of carbonyl (C=O) groups is 1. The van der Waals surface area contributed by atoms with Crippen LogP contribution in [0.15, 0.2) is 64.6 Å².